The van der Waals surface area contributed by atoms with Crippen molar-refractivity contribution in [1.29, 1.82) is 0 Å². The Morgan fingerprint density at radius 3 is 2.00 bits per heavy atom. The first-order valence-corrected chi connectivity index (χ1v) is 10.00. The minimum Gasteiger partial charge on any atom is -0.497 e. The number of ether oxygens (including phenoxy) is 2. The molecule has 3 heterocycles. The first-order valence-electron chi connectivity index (χ1n) is 10.00. The second-order valence-corrected chi connectivity index (χ2v) is 7.71. The Labute approximate surface area is 176 Å². The molecule has 158 valence electrons. The van der Waals surface area contributed by atoms with E-state index in [1.54, 1.807) is 18.9 Å². The van der Waals surface area contributed by atoms with Crippen LogP contribution in [0.3, 0.4) is 0 Å². The average molecular weight is 409 g/mol. The Hall–Kier alpha value is -3.13. The van der Waals surface area contributed by atoms with Gasteiger partial charge in [-0.2, -0.15) is 5.10 Å². The first kappa shape index (κ1) is 20.2. The van der Waals surface area contributed by atoms with Gasteiger partial charge in [0, 0.05) is 24.8 Å². The minimum atomic E-state index is -0.935. The summed E-state index contributed by atoms with van der Waals surface area (Å²) >= 11 is 0. The van der Waals surface area contributed by atoms with E-state index in [1.807, 2.05) is 50.2 Å². The summed E-state index contributed by atoms with van der Waals surface area (Å²) in [5.74, 6) is 2.84. The monoisotopic (exact) mass is 409 g/mol. The number of hydrogen-bond acceptors (Lipinski definition) is 7. The van der Waals surface area contributed by atoms with Crippen molar-refractivity contribution in [2.45, 2.75) is 32.3 Å². The lowest BCUT2D eigenvalue weighted by Gasteiger charge is -2.39. The highest BCUT2D eigenvalue weighted by atomic mass is 16.5. The highest BCUT2D eigenvalue weighted by Crippen LogP contribution is 2.37. The number of aliphatic hydroxyl groups is 1. The van der Waals surface area contributed by atoms with Gasteiger partial charge in [0.25, 0.3) is 0 Å². The van der Waals surface area contributed by atoms with E-state index < -0.39 is 5.60 Å². The third-order valence-electron chi connectivity index (χ3n) is 5.67. The Bertz CT molecular complexity index is 1000. The molecule has 1 aliphatic heterocycles. The van der Waals surface area contributed by atoms with Crippen molar-refractivity contribution in [1.82, 2.24) is 20.0 Å². The van der Waals surface area contributed by atoms with Gasteiger partial charge < -0.3 is 19.5 Å². The summed E-state index contributed by atoms with van der Waals surface area (Å²) in [6, 6.07) is 11.5. The van der Waals surface area contributed by atoms with Crippen LogP contribution < -0.4 is 14.4 Å². The van der Waals surface area contributed by atoms with Gasteiger partial charge >= 0.3 is 0 Å². The highest BCUT2D eigenvalue weighted by Gasteiger charge is 2.35. The molecule has 1 aliphatic rings. The zero-order valence-corrected chi connectivity index (χ0v) is 17.8. The number of nitrogens with zero attached hydrogens (tertiary/aromatic N) is 5. The van der Waals surface area contributed by atoms with Gasteiger partial charge in [0.15, 0.2) is 11.6 Å². The highest BCUT2D eigenvalue weighted by molar-refractivity contribution is 5.44. The maximum absolute atomic E-state index is 11.3. The molecule has 4 rings (SSSR count). The van der Waals surface area contributed by atoms with E-state index in [9.17, 15) is 5.11 Å². The van der Waals surface area contributed by atoms with Crippen molar-refractivity contribution in [2.24, 2.45) is 0 Å². The molecule has 0 unspecified atom stereocenters. The van der Waals surface area contributed by atoms with Crippen molar-refractivity contribution in [3.8, 4) is 17.3 Å². The fourth-order valence-corrected chi connectivity index (χ4v) is 3.93. The molecule has 1 fully saturated rings. The summed E-state index contributed by atoms with van der Waals surface area (Å²) in [4.78, 5) is 2.14. The number of methoxy groups -OCH3 is 2. The number of aryl methyl sites for hydroxylation is 2. The summed E-state index contributed by atoms with van der Waals surface area (Å²) in [6.07, 6.45) is 1.15. The van der Waals surface area contributed by atoms with Crippen LogP contribution in [-0.2, 0) is 5.60 Å². The summed E-state index contributed by atoms with van der Waals surface area (Å²) in [7, 11) is 3.22. The second kappa shape index (κ2) is 7.95. The number of benzene rings is 1. The van der Waals surface area contributed by atoms with Crippen molar-refractivity contribution in [3.05, 3.63) is 53.3 Å². The normalized spacial score (nSPS) is 15.8. The fraction of sp³-hybridized carbons (Fsp3) is 0.409. The molecule has 0 radical (unpaired) electrons. The summed E-state index contributed by atoms with van der Waals surface area (Å²) in [6.45, 7) is 5.29. The second-order valence-electron chi connectivity index (χ2n) is 7.71. The van der Waals surface area contributed by atoms with Gasteiger partial charge in [-0.25, -0.2) is 4.68 Å². The third-order valence-corrected chi connectivity index (χ3v) is 5.67. The van der Waals surface area contributed by atoms with E-state index in [0.29, 0.717) is 43.2 Å². The number of rotatable bonds is 5. The molecule has 1 aromatic carbocycles. The van der Waals surface area contributed by atoms with Crippen LogP contribution in [0.15, 0.2) is 36.4 Å². The van der Waals surface area contributed by atoms with E-state index in [2.05, 4.69) is 20.2 Å². The molecule has 3 aromatic rings. The van der Waals surface area contributed by atoms with E-state index in [4.69, 9.17) is 9.47 Å². The zero-order chi connectivity index (χ0) is 21.3. The van der Waals surface area contributed by atoms with Gasteiger partial charge in [-0.15, -0.1) is 10.2 Å². The van der Waals surface area contributed by atoms with Gasteiger partial charge in [-0.05, 0) is 62.6 Å². The molecule has 0 amide bonds. The smallest absolute Gasteiger partial charge is 0.176 e. The van der Waals surface area contributed by atoms with Crippen LogP contribution in [0.1, 0.15) is 29.8 Å². The zero-order valence-electron chi connectivity index (χ0n) is 17.8. The largest absolute Gasteiger partial charge is 0.497 e. The van der Waals surface area contributed by atoms with Gasteiger partial charge in [0.05, 0.1) is 25.5 Å². The summed E-state index contributed by atoms with van der Waals surface area (Å²) < 4.78 is 12.5. The SMILES string of the molecule is COc1cc(OC)cc(C2(O)CCN(c3ccc(-n4nc(C)cc4C)nn3)CC2)c1. The predicted octanol–water partition coefficient (Wildman–Crippen LogP) is 2.78. The Morgan fingerprint density at radius 2 is 1.50 bits per heavy atom. The lowest BCUT2D eigenvalue weighted by molar-refractivity contribution is 0.0113. The molecule has 8 nitrogen and oxygen atoms in total. The standard InChI is InChI=1S/C22H27N5O3/c1-15-11-16(2)27(25-15)21-6-5-20(23-24-21)26-9-7-22(28,8-10-26)17-12-18(29-3)14-19(13-17)30-4/h5-6,11-14,28H,7-10H2,1-4H3. The van der Waals surface area contributed by atoms with Gasteiger partial charge in [-0.3, -0.25) is 0 Å². The first-order chi connectivity index (χ1) is 14.4. The van der Waals surface area contributed by atoms with Crippen LogP contribution in [-0.4, -0.2) is 52.4 Å². The van der Waals surface area contributed by atoms with E-state index in [0.717, 1.165) is 22.8 Å². The van der Waals surface area contributed by atoms with Crippen LogP contribution in [0.5, 0.6) is 11.5 Å². The minimum absolute atomic E-state index is 0.574. The Morgan fingerprint density at radius 1 is 0.900 bits per heavy atom. The Kier molecular flexibility index (Phi) is 5.34. The molecule has 1 saturated heterocycles. The number of anilines is 1. The molecule has 0 saturated carbocycles. The maximum Gasteiger partial charge on any atom is 0.176 e. The van der Waals surface area contributed by atoms with E-state index >= 15 is 0 Å². The molecular weight excluding hydrogens is 382 g/mol. The van der Waals surface area contributed by atoms with Gasteiger partial charge in [0.2, 0.25) is 0 Å². The molecule has 0 aliphatic carbocycles. The number of hydrogen-bond donors (Lipinski definition) is 1. The van der Waals surface area contributed by atoms with E-state index in [-0.39, 0.29) is 0 Å². The molecule has 0 atom stereocenters. The molecule has 0 bridgehead atoms. The van der Waals surface area contributed by atoms with Crippen LogP contribution in [0.25, 0.3) is 5.82 Å². The van der Waals surface area contributed by atoms with Crippen molar-refractivity contribution >= 4 is 5.82 Å². The third kappa shape index (κ3) is 3.82. The molecule has 2 aromatic heterocycles. The number of piperidine rings is 1. The molecule has 8 heteroatoms. The van der Waals surface area contributed by atoms with Crippen LogP contribution in [0, 0.1) is 13.8 Å². The molecular formula is C22H27N5O3. The van der Waals surface area contributed by atoms with Crippen LogP contribution in [0.2, 0.25) is 0 Å². The lowest BCUT2D eigenvalue weighted by Crippen LogP contribution is -2.43. The summed E-state index contributed by atoms with van der Waals surface area (Å²) in [5.41, 5.74) is 1.84. The summed E-state index contributed by atoms with van der Waals surface area (Å²) in [5, 5.41) is 24.5. The molecule has 0 spiro atoms. The van der Waals surface area contributed by atoms with Crippen LogP contribution in [0.4, 0.5) is 5.82 Å². The Balaban J connectivity index is 1.48. The predicted molar refractivity (Wildman–Crippen MR) is 114 cm³/mol. The van der Waals surface area contributed by atoms with Crippen molar-refractivity contribution in [2.75, 3.05) is 32.2 Å². The van der Waals surface area contributed by atoms with Gasteiger partial charge in [0.1, 0.15) is 11.5 Å². The van der Waals surface area contributed by atoms with Crippen LogP contribution >= 0.6 is 0 Å². The lowest BCUT2D eigenvalue weighted by atomic mass is 9.84. The average Bonchev–Trinajstić information content (AvgIpc) is 3.12. The fourth-order valence-electron chi connectivity index (χ4n) is 3.93. The quantitative estimate of drug-likeness (QED) is 0.693. The molecule has 1 N–H and O–H groups in total. The topological polar surface area (TPSA) is 85.5 Å². The van der Waals surface area contributed by atoms with Crippen molar-refractivity contribution in [3.63, 3.8) is 0 Å². The van der Waals surface area contributed by atoms with E-state index in [1.165, 1.54) is 0 Å². The maximum atomic E-state index is 11.3. The number of aromatic nitrogens is 4. The van der Waals surface area contributed by atoms with Gasteiger partial charge in [-0.1, -0.05) is 0 Å². The van der Waals surface area contributed by atoms with Crippen molar-refractivity contribution < 1.29 is 14.6 Å². The molecule has 30 heavy (non-hydrogen) atoms.